The molecule has 1 amide bonds. The summed E-state index contributed by atoms with van der Waals surface area (Å²) in [5, 5.41) is 0.638. The maximum atomic E-state index is 13.5. The second kappa shape index (κ2) is 7.84. The van der Waals surface area contributed by atoms with E-state index in [2.05, 4.69) is 9.97 Å². The Labute approximate surface area is 178 Å². The van der Waals surface area contributed by atoms with Crippen LogP contribution in [-0.4, -0.2) is 28.0 Å². The van der Waals surface area contributed by atoms with E-state index in [-0.39, 0.29) is 5.91 Å². The number of hydrogen-bond donors (Lipinski definition) is 0. The minimum absolute atomic E-state index is 0.172. The summed E-state index contributed by atoms with van der Waals surface area (Å²) in [6.45, 7) is 0.416. The number of amides is 1. The molecule has 150 valence electrons. The number of nitrogens with zero attached hydrogens (tertiary/aromatic N) is 4. The summed E-state index contributed by atoms with van der Waals surface area (Å²) >= 11 is 1.47. The molecule has 2 aromatic carbocycles. The number of carbonyl (C=O) groups excluding carboxylic acids is 1. The average molecular weight is 417 g/mol. The predicted molar refractivity (Wildman–Crippen MR) is 117 cm³/mol. The molecule has 1 fully saturated rings. The van der Waals surface area contributed by atoms with Crippen molar-refractivity contribution < 1.29 is 9.53 Å². The van der Waals surface area contributed by atoms with Crippen molar-refractivity contribution in [2.45, 2.75) is 25.3 Å². The van der Waals surface area contributed by atoms with Crippen molar-refractivity contribution in [3.05, 3.63) is 77.9 Å². The molecule has 0 unspecified atom stereocenters. The molecule has 6 nitrogen and oxygen atoms in total. The second-order valence-electron chi connectivity index (χ2n) is 7.28. The van der Waals surface area contributed by atoms with Crippen LogP contribution in [0.2, 0.25) is 0 Å². The zero-order valence-corrected chi connectivity index (χ0v) is 17.3. The van der Waals surface area contributed by atoms with E-state index >= 15 is 0 Å². The monoisotopic (exact) mass is 416 g/mol. The first-order valence-electron chi connectivity index (χ1n) is 9.84. The Morgan fingerprint density at radius 3 is 2.73 bits per heavy atom. The summed E-state index contributed by atoms with van der Waals surface area (Å²) in [5.74, 6) is 1.74. The van der Waals surface area contributed by atoms with E-state index < -0.39 is 0 Å². The van der Waals surface area contributed by atoms with Gasteiger partial charge in [0.1, 0.15) is 17.3 Å². The van der Waals surface area contributed by atoms with Gasteiger partial charge in [0.2, 0.25) is 0 Å². The van der Waals surface area contributed by atoms with Gasteiger partial charge >= 0.3 is 0 Å². The Morgan fingerprint density at radius 2 is 1.97 bits per heavy atom. The first-order chi connectivity index (χ1) is 14.7. The van der Waals surface area contributed by atoms with Gasteiger partial charge in [0, 0.05) is 12.1 Å². The van der Waals surface area contributed by atoms with Gasteiger partial charge in [0.05, 0.1) is 23.9 Å². The van der Waals surface area contributed by atoms with Gasteiger partial charge < -0.3 is 4.74 Å². The van der Waals surface area contributed by atoms with Crippen molar-refractivity contribution in [3.63, 3.8) is 0 Å². The van der Waals surface area contributed by atoms with Crippen LogP contribution >= 0.6 is 11.3 Å². The van der Waals surface area contributed by atoms with Crippen LogP contribution in [0, 0.1) is 0 Å². The van der Waals surface area contributed by atoms with Crippen LogP contribution in [0.4, 0.5) is 5.13 Å². The number of benzene rings is 2. The van der Waals surface area contributed by atoms with Crippen LogP contribution in [0.15, 0.2) is 60.8 Å². The molecule has 0 spiro atoms. The number of thiazole rings is 1. The molecule has 0 atom stereocenters. The topological polar surface area (TPSA) is 68.2 Å². The fraction of sp³-hybridized carbons (Fsp3) is 0.217. The Hall–Kier alpha value is -3.32. The second-order valence-corrected chi connectivity index (χ2v) is 8.29. The average Bonchev–Trinajstić information content (AvgIpc) is 3.56. The van der Waals surface area contributed by atoms with Crippen LogP contribution in [0.1, 0.15) is 40.6 Å². The molecular weight excluding hydrogens is 396 g/mol. The molecular formula is C23H20N4O2S. The smallest absolute Gasteiger partial charge is 0.279 e. The predicted octanol–water partition coefficient (Wildman–Crippen LogP) is 4.82. The van der Waals surface area contributed by atoms with Crippen molar-refractivity contribution in [2.75, 3.05) is 12.0 Å². The number of ether oxygens (including phenoxy) is 1. The van der Waals surface area contributed by atoms with E-state index in [4.69, 9.17) is 9.72 Å². The molecule has 1 aliphatic carbocycles. The molecule has 0 radical (unpaired) electrons. The molecule has 0 saturated heterocycles. The lowest BCUT2D eigenvalue weighted by molar-refractivity contribution is 0.0980. The van der Waals surface area contributed by atoms with Gasteiger partial charge in [-0.15, -0.1) is 0 Å². The van der Waals surface area contributed by atoms with Crippen molar-refractivity contribution in [1.29, 1.82) is 0 Å². The highest BCUT2D eigenvalue weighted by atomic mass is 32.1. The Bertz CT molecular complexity index is 1200. The number of methoxy groups -OCH3 is 1. The molecule has 4 aromatic rings. The zero-order chi connectivity index (χ0) is 20.5. The molecule has 5 rings (SSSR count). The molecule has 7 heteroatoms. The van der Waals surface area contributed by atoms with Gasteiger partial charge in [-0.3, -0.25) is 9.69 Å². The van der Waals surface area contributed by atoms with Crippen LogP contribution in [0.25, 0.3) is 10.2 Å². The molecule has 1 saturated carbocycles. The lowest BCUT2D eigenvalue weighted by Gasteiger charge is -2.19. The van der Waals surface area contributed by atoms with Gasteiger partial charge in [-0.05, 0) is 42.7 Å². The number of aromatic nitrogens is 3. The molecule has 2 aromatic heterocycles. The summed E-state index contributed by atoms with van der Waals surface area (Å²) in [4.78, 5) is 28.9. The Kier molecular flexibility index (Phi) is 4.88. The highest BCUT2D eigenvalue weighted by Gasteiger charge is 2.29. The molecule has 0 aliphatic heterocycles. The fourth-order valence-electron chi connectivity index (χ4n) is 3.30. The molecule has 0 bridgehead atoms. The van der Waals surface area contributed by atoms with Crippen molar-refractivity contribution in [1.82, 2.24) is 15.0 Å². The summed E-state index contributed by atoms with van der Waals surface area (Å²) in [7, 11) is 1.64. The largest absolute Gasteiger partial charge is 0.497 e. The van der Waals surface area contributed by atoms with E-state index in [1.54, 1.807) is 24.3 Å². The van der Waals surface area contributed by atoms with Crippen LogP contribution in [0.5, 0.6) is 5.75 Å². The van der Waals surface area contributed by atoms with E-state index in [0.29, 0.717) is 23.3 Å². The van der Waals surface area contributed by atoms with Gasteiger partial charge in [-0.2, -0.15) is 0 Å². The highest BCUT2D eigenvalue weighted by Crippen LogP contribution is 2.38. The Morgan fingerprint density at radius 1 is 1.13 bits per heavy atom. The van der Waals surface area contributed by atoms with E-state index in [0.717, 1.165) is 40.2 Å². The maximum Gasteiger partial charge on any atom is 0.279 e. The molecule has 0 N–H and O–H groups in total. The minimum Gasteiger partial charge on any atom is -0.497 e. The van der Waals surface area contributed by atoms with E-state index in [9.17, 15) is 4.79 Å². The van der Waals surface area contributed by atoms with Gasteiger partial charge in [-0.1, -0.05) is 41.7 Å². The summed E-state index contributed by atoms with van der Waals surface area (Å²) in [5.41, 5.74) is 2.27. The summed E-state index contributed by atoms with van der Waals surface area (Å²) < 4.78 is 6.30. The standard InChI is InChI=1S/C23H20N4O2S/c1-29-17-9-10-18-20(13-17)30-23(26-18)27(14-15-5-3-2-4-6-15)22(28)19-11-12-24-21(25-19)16-7-8-16/h2-6,9-13,16H,7-8,14H2,1H3. The van der Waals surface area contributed by atoms with Crippen molar-refractivity contribution in [3.8, 4) is 5.75 Å². The maximum absolute atomic E-state index is 13.5. The molecule has 1 aliphatic rings. The van der Waals surface area contributed by atoms with Gasteiger partial charge in [0.15, 0.2) is 5.13 Å². The fourth-order valence-corrected chi connectivity index (χ4v) is 4.29. The van der Waals surface area contributed by atoms with Gasteiger partial charge in [-0.25, -0.2) is 15.0 Å². The van der Waals surface area contributed by atoms with Gasteiger partial charge in [0.25, 0.3) is 5.91 Å². The van der Waals surface area contributed by atoms with E-state index in [1.165, 1.54) is 11.3 Å². The number of fused-ring (bicyclic) bond motifs is 1. The van der Waals surface area contributed by atoms with Crippen LogP contribution in [0.3, 0.4) is 0 Å². The Balaban J connectivity index is 1.54. The number of hydrogen-bond acceptors (Lipinski definition) is 6. The number of rotatable bonds is 6. The van der Waals surface area contributed by atoms with Crippen molar-refractivity contribution >= 4 is 32.6 Å². The first kappa shape index (κ1) is 18.7. The van der Waals surface area contributed by atoms with Crippen LogP contribution < -0.4 is 9.64 Å². The number of anilines is 1. The minimum atomic E-state index is -0.172. The normalized spacial score (nSPS) is 13.4. The van der Waals surface area contributed by atoms with E-state index in [1.807, 2.05) is 48.5 Å². The molecule has 2 heterocycles. The van der Waals surface area contributed by atoms with Crippen molar-refractivity contribution in [2.24, 2.45) is 0 Å². The highest BCUT2D eigenvalue weighted by molar-refractivity contribution is 7.22. The lowest BCUT2D eigenvalue weighted by Crippen LogP contribution is -2.31. The van der Waals surface area contributed by atoms with Crippen LogP contribution in [-0.2, 0) is 6.54 Å². The quantitative estimate of drug-likeness (QED) is 0.451. The number of carbonyl (C=O) groups is 1. The SMILES string of the molecule is COc1ccc2nc(N(Cc3ccccc3)C(=O)c3ccnc(C4CC4)n3)sc2c1. The molecule has 30 heavy (non-hydrogen) atoms. The summed E-state index contributed by atoms with van der Waals surface area (Å²) in [6.07, 6.45) is 3.86. The lowest BCUT2D eigenvalue weighted by atomic mass is 10.2. The summed E-state index contributed by atoms with van der Waals surface area (Å²) in [6, 6.07) is 17.3. The third-order valence-electron chi connectivity index (χ3n) is 5.08. The third kappa shape index (κ3) is 3.76. The first-order valence-corrected chi connectivity index (χ1v) is 10.7. The zero-order valence-electron chi connectivity index (χ0n) is 16.5. The third-order valence-corrected chi connectivity index (χ3v) is 6.12.